The molecule has 0 aliphatic heterocycles. The highest BCUT2D eigenvalue weighted by molar-refractivity contribution is 5.32. The van der Waals surface area contributed by atoms with Crippen LogP contribution in [0.3, 0.4) is 0 Å². The van der Waals surface area contributed by atoms with Crippen LogP contribution >= 0.6 is 0 Å². The van der Waals surface area contributed by atoms with E-state index in [0.29, 0.717) is 6.54 Å². The Hall–Kier alpha value is -2.41. The molecule has 23 heavy (non-hydrogen) atoms. The standard InChI is InChI=1S/C16H23N5O2/c1-11-6-8-12(9-7-11)13(19(2)3)10-17-14-15(22)20(4)16(23)21(5)18-14/h6-9,13H,10H2,1-5H3,(H,17,18). The average Bonchev–Trinajstić information content (AvgIpc) is 2.51. The van der Waals surface area contributed by atoms with E-state index in [2.05, 4.69) is 39.6 Å². The lowest BCUT2D eigenvalue weighted by atomic mass is 10.0. The number of anilines is 1. The van der Waals surface area contributed by atoms with E-state index in [-0.39, 0.29) is 11.9 Å². The third-order valence-electron chi connectivity index (χ3n) is 3.87. The summed E-state index contributed by atoms with van der Waals surface area (Å²) in [5.74, 6) is 0.175. The Bertz CT molecular complexity index is 790. The number of aryl methyl sites for hydroxylation is 2. The maximum atomic E-state index is 12.1. The van der Waals surface area contributed by atoms with E-state index in [1.807, 2.05) is 21.0 Å². The Morgan fingerprint density at radius 1 is 1.17 bits per heavy atom. The van der Waals surface area contributed by atoms with Gasteiger partial charge in [-0.2, -0.15) is 0 Å². The van der Waals surface area contributed by atoms with Gasteiger partial charge in [0.05, 0.1) is 6.04 Å². The summed E-state index contributed by atoms with van der Waals surface area (Å²) < 4.78 is 2.20. The van der Waals surface area contributed by atoms with Crippen molar-refractivity contribution in [2.24, 2.45) is 14.1 Å². The first-order chi connectivity index (χ1) is 10.8. The van der Waals surface area contributed by atoms with E-state index in [1.54, 1.807) is 0 Å². The monoisotopic (exact) mass is 317 g/mol. The van der Waals surface area contributed by atoms with Crippen LogP contribution in [0.15, 0.2) is 33.9 Å². The number of likely N-dealkylation sites (N-methyl/N-ethyl adjacent to an activating group) is 1. The molecule has 0 fully saturated rings. The molecule has 2 aromatic rings. The van der Waals surface area contributed by atoms with E-state index >= 15 is 0 Å². The van der Waals surface area contributed by atoms with Gasteiger partial charge in [-0.25, -0.2) is 9.48 Å². The van der Waals surface area contributed by atoms with Gasteiger partial charge in [-0.15, -0.1) is 5.10 Å². The summed E-state index contributed by atoms with van der Waals surface area (Å²) in [7, 11) is 6.94. The van der Waals surface area contributed by atoms with Crippen molar-refractivity contribution in [3.8, 4) is 0 Å². The Balaban J connectivity index is 2.25. The van der Waals surface area contributed by atoms with Crippen LogP contribution in [-0.4, -0.2) is 39.9 Å². The number of hydrogen-bond acceptors (Lipinski definition) is 5. The molecule has 1 aromatic carbocycles. The summed E-state index contributed by atoms with van der Waals surface area (Å²) in [5.41, 5.74) is 1.49. The molecule has 0 aliphatic rings. The van der Waals surface area contributed by atoms with Crippen molar-refractivity contribution in [2.45, 2.75) is 13.0 Å². The Labute approximate surface area is 135 Å². The molecule has 7 nitrogen and oxygen atoms in total. The van der Waals surface area contributed by atoms with Crippen molar-refractivity contribution in [1.82, 2.24) is 19.2 Å². The van der Waals surface area contributed by atoms with Gasteiger partial charge in [-0.3, -0.25) is 9.36 Å². The zero-order valence-corrected chi connectivity index (χ0v) is 14.2. The second-order valence-electron chi connectivity index (χ2n) is 5.89. The number of benzene rings is 1. The number of hydrogen-bond donors (Lipinski definition) is 1. The largest absolute Gasteiger partial charge is 0.362 e. The van der Waals surface area contributed by atoms with E-state index in [4.69, 9.17) is 0 Å². The molecule has 0 amide bonds. The van der Waals surface area contributed by atoms with Gasteiger partial charge in [-0.05, 0) is 26.6 Å². The van der Waals surface area contributed by atoms with Crippen molar-refractivity contribution < 1.29 is 0 Å². The first kappa shape index (κ1) is 17.0. The molecule has 1 aromatic heterocycles. The molecule has 0 saturated heterocycles. The fourth-order valence-electron chi connectivity index (χ4n) is 2.39. The molecule has 1 atom stereocenters. The summed E-state index contributed by atoms with van der Waals surface area (Å²) in [6.07, 6.45) is 0. The zero-order valence-electron chi connectivity index (χ0n) is 14.2. The Kier molecular flexibility index (Phi) is 5.00. The van der Waals surface area contributed by atoms with Crippen LogP contribution in [-0.2, 0) is 14.1 Å². The second-order valence-corrected chi connectivity index (χ2v) is 5.89. The first-order valence-electron chi connectivity index (χ1n) is 7.42. The van der Waals surface area contributed by atoms with Gasteiger partial charge in [0.2, 0.25) is 5.82 Å². The lowest BCUT2D eigenvalue weighted by molar-refractivity contribution is 0.311. The van der Waals surface area contributed by atoms with Crippen LogP contribution < -0.4 is 16.6 Å². The van der Waals surface area contributed by atoms with Crippen LogP contribution in [0.1, 0.15) is 17.2 Å². The Morgan fingerprint density at radius 3 is 2.35 bits per heavy atom. The summed E-state index contributed by atoms with van der Waals surface area (Å²) >= 11 is 0. The van der Waals surface area contributed by atoms with Gasteiger partial charge < -0.3 is 10.2 Å². The molecule has 0 radical (unpaired) electrons. The SMILES string of the molecule is Cc1ccc(C(CNc2nn(C)c(=O)n(C)c2=O)N(C)C)cc1. The molecule has 7 heteroatoms. The maximum absolute atomic E-state index is 12.1. The highest BCUT2D eigenvalue weighted by Crippen LogP contribution is 2.18. The average molecular weight is 317 g/mol. The molecule has 1 heterocycles. The van der Waals surface area contributed by atoms with Crippen molar-refractivity contribution >= 4 is 5.82 Å². The van der Waals surface area contributed by atoms with Crippen molar-refractivity contribution in [2.75, 3.05) is 26.0 Å². The van der Waals surface area contributed by atoms with E-state index < -0.39 is 11.2 Å². The fraction of sp³-hybridized carbons (Fsp3) is 0.438. The van der Waals surface area contributed by atoms with Gasteiger partial charge in [-0.1, -0.05) is 29.8 Å². The fourth-order valence-corrected chi connectivity index (χ4v) is 2.39. The molecular weight excluding hydrogens is 294 g/mol. The molecule has 0 saturated carbocycles. The van der Waals surface area contributed by atoms with Gasteiger partial charge in [0.25, 0.3) is 5.56 Å². The molecule has 1 unspecified atom stereocenters. The minimum Gasteiger partial charge on any atom is -0.362 e. The number of aromatic nitrogens is 3. The Morgan fingerprint density at radius 2 is 1.78 bits per heavy atom. The van der Waals surface area contributed by atoms with E-state index in [0.717, 1.165) is 14.8 Å². The summed E-state index contributed by atoms with van der Waals surface area (Å²) in [4.78, 5) is 25.9. The smallest absolute Gasteiger partial charge is 0.346 e. The molecule has 0 bridgehead atoms. The summed E-state index contributed by atoms with van der Waals surface area (Å²) in [5, 5.41) is 7.08. The third-order valence-corrected chi connectivity index (χ3v) is 3.87. The summed E-state index contributed by atoms with van der Waals surface area (Å²) in [6, 6.07) is 8.37. The lowest BCUT2D eigenvalue weighted by Crippen LogP contribution is -2.40. The van der Waals surface area contributed by atoms with Crippen molar-refractivity contribution in [3.63, 3.8) is 0 Å². The quantitative estimate of drug-likeness (QED) is 0.869. The molecule has 2 rings (SSSR count). The van der Waals surface area contributed by atoms with E-state index in [1.165, 1.54) is 19.7 Å². The van der Waals surface area contributed by atoms with Crippen LogP contribution in [0.4, 0.5) is 5.82 Å². The minimum absolute atomic E-state index is 0.0827. The van der Waals surface area contributed by atoms with Crippen molar-refractivity contribution in [3.05, 3.63) is 56.2 Å². The predicted octanol–water partition coefficient (Wildman–Crippen LogP) is 0.502. The molecule has 0 spiro atoms. The van der Waals surface area contributed by atoms with Crippen LogP contribution in [0.25, 0.3) is 0 Å². The number of nitrogens with one attached hydrogen (secondary N) is 1. The second kappa shape index (κ2) is 6.78. The number of rotatable bonds is 5. The maximum Gasteiger partial charge on any atom is 0.346 e. The van der Waals surface area contributed by atoms with E-state index in [9.17, 15) is 9.59 Å². The molecule has 1 N–H and O–H groups in total. The van der Waals surface area contributed by atoms with Gasteiger partial charge in [0, 0.05) is 20.6 Å². The van der Waals surface area contributed by atoms with Crippen LogP contribution in [0.5, 0.6) is 0 Å². The highest BCUT2D eigenvalue weighted by atomic mass is 16.2. The van der Waals surface area contributed by atoms with Gasteiger partial charge in [0.15, 0.2) is 0 Å². The highest BCUT2D eigenvalue weighted by Gasteiger charge is 2.16. The molecule has 124 valence electrons. The first-order valence-corrected chi connectivity index (χ1v) is 7.42. The lowest BCUT2D eigenvalue weighted by Gasteiger charge is -2.25. The van der Waals surface area contributed by atoms with Gasteiger partial charge in [0.1, 0.15) is 0 Å². The molecular formula is C16H23N5O2. The predicted molar refractivity (Wildman–Crippen MR) is 90.8 cm³/mol. The van der Waals surface area contributed by atoms with Gasteiger partial charge >= 0.3 is 5.69 Å². The minimum atomic E-state index is -0.441. The van der Waals surface area contributed by atoms with Crippen LogP contribution in [0, 0.1) is 6.92 Å². The topological polar surface area (TPSA) is 72.2 Å². The summed E-state index contributed by atoms with van der Waals surface area (Å²) in [6.45, 7) is 2.56. The van der Waals surface area contributed by atoms with Crippen LogP contribution in [0.2, 0.25) is 0 Å². The number of nitrogens with zero attached hydrogens (tertiary/aromatic N) is 4. The zero-order chi connectivity index (χ0) is 17.1. The third kappa shape index (κ3) is 3.68. The van der Waals surface area contributed by atoms with Crippen molar-refractivity contribution in [1.29, 1.82) is 0 Å². The normalized spacial score (nSPS) is 12.4. The molecule has 0 aliphatic carbocycles.